The van der Waals surface area contributed by atoms with E-state index in [1.165, 1.54) is 15.9 Å². The minimum atomic E-state index is -0.510. The highest BCUT2D eigenvalue weighted by Gasteiger charge is 2.39. The van der Waals surface area contributed by atoms with Gasteiger partial charge in [-0.1, -0.05) is 30.7 Å². The third-order valence-electron chi connectivity index (χ3n) is 5.16. The summed E-state index contributed by atoms with van der Waals surface area (Å²) < 4.78 is 11.5. The minimum absolute atomic E-state index is 0.0161. The number of carbonyl (C=O) groups excluding carboxylic acids is 2. The van der Waals surface area contributed by atoms with E-state index in [1.54, 1.807) is 56.5 Å². The molecule has 0 bridgehead atoms. The molecule has 0 N–H and O–H groups in total. The van der Waals surface area contributed by atoms with Crippen molar-refractivity contribution in [2.45, 2.75) is 33.3 Å². The van der Waals surface area contributed by atoms with Gasteiger partial charge in [0.1, 0.15) is 5.57 Å². The molecule has 2 aromatic carbocycles. The van der Waals surface area contributed by atoms with Crippen LogP contribution in [0.15, 0.2) is 48.0 Å². The molecule has 1 saturated heterocycles. The molecule has 0 saturated carbocycles. The van der Waals surface area contributed by atoms with Crippen molar-refractivity contribution in [3.63, 3.8) is 0 Å². The van der Waals surface area contributed by atoms with Gasteiger partial charge in [0.15, 0.2) is 16.6 Å². The number of likely N-dealkylation sites (N-methyl/N-ethyl adjacent to an activating group) is 1. The lowest BCUT2D eigenvalue weighted by Crippen LogP contribution is -2.56. The Kier molecular flexibility index (Phi) is 7.53. The molecule has 0 aromatic heterocycles. The van der Waals surface area contributed by atoms with E-state index < -0.39 is 11.8 Å². The first-order chi connectivity index (χ1) is 15.3. The summed E-state index contributed by atoms with van der Waals surface area (Å²) in [4.78, 5) is 29.4. The Morgan fingerprint density at radius 2 is 1.78 bits per heavy atom. The lowest BCUT2D eigenvalue weighted by molar-refractivity contribution is -0.127. The van der Waals surface area contributed by atoms with E-state index >= 15 is 0 Å². The van der Waals surface area contributed by atoms with Crippen LogP contribution in [0.2, 0.25) is 5.02 Å². The van der Waals surface area contributed by atoms with Crippen molar-refractivity contribution >= 4 is 52.5 Å². The number of hydrogen-bond acceptors (Lipinski definition) is 5. The maximum atomic E-state index is 13.5. The van der Waals surface area contributed by atoms with Crippen molar-refractivity contribution in [1.29, 1.82) is 0 Å². The Morgan fingerprint density at radius 3 is 2.38 bits per heavy atom. The molecule has 6 nitrogen and oxygen atoms in total. The molecule has 0 unspecified atom stereocenters. The summed E-state index contributed by atoms with van der Waals surface area (Å²) in [6.07, 6.45) is 2.25. The fraction of sp³-hybridized carbons (Fsp3) is 0.292. The van der Waals surface area contributed by atoms with Crippen molar-refractivity contribution in [1.82, 2.24) is 4.90 Å². The maximum Gasteiger partial charge on any atom is 0.270 e. The second-order valence-corrected chi connectivity index (χ2v) is 8.02. The van der Waals surface area contributed by atoms with Gasteiger partial charge in [0.25, 0.3) is 11.8 Å². The van der Waals surface area contributed by atoms with E-state index in [4.69, 9.17) is 33.3 Å². The molecule has 3 rings (SSSR count). The Morgan fingerprint density at radius 1 is 1.09 bits per heavy atom. The number of benzene rings is 2. The van der Waals surface area contributed by atoms with Gasteiger partial charge in [-0.05, 0) is 68.9 Å². The van der Waals surface area contributed by atoms with Crippen LogP contribution < -0.4 is 14.4 Å². The molecular weight excluding hydrogens is 448 g/mol. The zero-order chi connectivity index (χ0) is 23.4. The molecule has 32 heavy (non-hydrogen) atoms. The normalized spacial score (nSPS) is 16.5. The van der Waals surface area contributed by atoms with Crippen LogP contribution in [-0.4, -0.2) is 41.6 Å². The third-order valence-corrected chi connectivity index (χ3v) is 5.81. The molecule has 1 fully saturated rings. The van der Waals surface area contributed by atoms with Gasteiger partial charge in [0.2, 0.25) is 0 Å². The average molecular weight is 473 g/mol. The van der Waals surface area contributed by atoms with Crippen molar-refractivity contribution in [2.75, 3.05) is 18.6 Å². The summed E-state index contributed by atoms with van der Waals surface area (Å²) in [5.74, 6) is 0.0360. The largest absolute Gasteiger partial charge is 0.493 e. The molecule has 0 aliphatic carbocycles. The Balaban J connectivity index is 2.13. The van der Waals surface area contributed by atoms with Crippen LogP contribution in [0.25, 0.3) is 6.08 Å². The van der Waals surface area contributed by atoms with Crippen molar-refractivity contribution in [2.24, 2.45) is 0 Å². The van der Waals surface area contributed by atoms with E-state index in [2.05, 4.69) is 0 Å². The quantitative estimate of drug-likeness (QED) is 0.319. The van der Waals surface area contributed by atoms with Gasteiger partial charge in [-0.25, -0.2) is 0 Å². The summed E-state index contributed by atoms with van der Waals surface area (Å²) in [5.41, 5.74) is 1.09. The highest BCUT2D eigenvalue weighted by Crippen LogP contribution is 2.35. The molecule has 1 aliphatic rings. The van der Waals surface area contributed by atoms with Gasteiger partial charge < -0.3 is 9.47 Å². The molecule has 2 aromatic rings. The van der Waals surface area contributed by atoms with Crippen LogP contribution in [0.1, 0.15) is 32.8 Å². The molecule has 1 aliphatic heterocycles. The van der Waals surface area contributed by atoms with E-state index in [-0.39, 0.29) is 16.8 Å². The van der Waals surface area contributed by atoms with Gasteiger partial charge in [0, 0.05) is 17.1 Å². The second-order valence-electron chi connectivity index (χ2n) is 7.22. The minimum Gasteiger partial charge on any atom is -0.493 e. The van der Waals surface area contributed by atoms with Crippen molar-refractivity contribution < 1.29 is 19.1 Å². The van der Waals surface area contributed by atoms with Crippen molar-refractivity contribution in [3.8, 4) is 11.5 Å². The molecule has 1 heterocycles. The summed E-state index contributed by atoms with van der Waals surface area (Å²) in [7, 11) is 1.55. The summed E-state index contributed by atoms with van der Waals surface area (Å²) in [6.45, 7) is 6.08. The fourth-order valence-corrected chi connectivity index (χ4v) is 3.77. The van der Waals surface area contributed by atoms with Gasteiger partial charge in [-0.2, -0.15) is 0 Å². The first kappa shape index (κ1) is 23.8. The molecule has 1 atom stereocenters. The molecule has 8 heteroatoms. The van der Waals surface area contributed by atoms with E-state index in [0.717, 1.165) is 6.42 Å². The Bertz CT molecular complexity index is 1070. The summed E-state index contributed by atoms with van der Waals surface area (Å²) >= 11 is 11.5. The number of ether oxygens (including phenoxy) is 2. The lowest BCUT2D eigenvalue weighted by Gasteiger charge is -2.36. The number of methoxy groups -OCH3 is 1. The lowest BCUT2D eigenvalue weighted by atomic mass is 10.0. The first-order valence-electron chi connectivity index (χ1n) is 10.3. The predicted molar refractivity (Wildman–Crippen MR) is 130 cm³/mol. The SMILES string of the molecule is CC[C@H](C)Oc1c(/C=C2\C(=O)N(CC)C(=S)N(c3ccc(Cl)cc3)C2=O)cccc1OC. The number of nitrogens with zero attached hydrogens (tertiary/aromatic N) is 2. The van der Waals surface area contributed by atoms with Gasteiger partial charge in [-0.15, -0.1) is 0 Å². The number of thiocarbonyl (C=S) groups is 1. The summed E-state index contributed by atoms with van der Waals surface area (Å²) in [5, 5.41) is 0.662. The molecule has 0 radical (unpaired) electrons. The van der Waals surface area contributed by atoms with Crippen LogP contribution in [0.3, 0.4) is 0 Å². The van der Waals surface area contributed by atoms with Gasteiger partial charge >= 0.3 is 0 Å². The summed E-state index contributed by atoms with van der Waals surface area (Å²) in [6, 6.07) is 12.1. The second kappa shape index (κ2) is 10.1. The number of rotatable bonds is 7. The van der Waals surface area contributed by atoms with Gasteiger partial charge in [-0.3, -0.25) is 19.4 Å². The van der Waals surface area contributed by atoms with Crippen LogP contribution in [0.5, 0.6) is 11.5 Å². The number of para-hydroxylation sites is 1. The molecular formula is C24H25ClN2O4S. The van der Waals surface area contributed by atoms with E-state index in [0.29, 0.717) is 34.3 Å². The smallest absolute Gasteiger partial charge is 0.270 e. The molecule has 168 valence electrons. The number of hydrogen-bond donors (Lipinski definition) is 0. The number of carbonyl (C=O) groups is 2. The Hall–Kier alpha value is -2.90. The zero-order valence-corrected chi connectivity index (χ0v) is 20.0. The topological polar surface area (TPSA) is 59.1 Å². The molecule has 2 amide bonds. The number of amides is 2. The highest BCUT2D eigenvalue weighted by molar-refractivity contribution is 7.80. The van der Waals surface area contributed by atoms with Gasteiger partial charge in [0.05, 0.1) is 18.9 Å². The Labute approximate surface area is 198 Å². The van der Waals surface area contributed by atoms with E-state index in [1.807, 2.05) is 13.8 Å². The third kappa shape index (κ3) is 4.64. The molecule has 0 spiro atoms. The maximum absolute atomic E-state index is 13.5. The van der Waals surface area contributed by atoms with Crippen LogP contribution in [0.4, 0.5) is 5.69 Å². The standard InChI is InChI=1S/C24H25ClN2O4S/c1-5-15(3)31-21-16(8-7-9-20(21)30-4)14-19-22(28)26(6-2)24(32)27(23(19)29)18-12-10-17(25)11-13-18/h7-15H,5-6H2,1-4H3/b19-14+/t15-/m0/s1. The predicted octanol–water partition coefficient (Wildman–Crippen LogP) is 5.09. The number of halogens is 1. The number of anilines is 1. The van der Waals surface area contributed by atoms with E-state index in [9.17, 15) is 9.59 Å². The fourth-order valence-electron chi connectivity index (χ4n) is 3.25. The highest BCUT2D eigenvalue weighted by atomic mass is 35.5. The average Bonchev–Trinajstić information content (AvgIpc) is 2.79. The van der Waals surface area contributed by atoms with Crippen molar-refractivity contribution in [3.05, 3.63) is 58.6 Å². The zero-order valence-electron chi connectivity index (χ0n) is 18.4. The van der Waals surface area contributed by atoms with Crippen LogP contribution >= 0.6 is 23.8 Å². The van der Waals surface area contributed by atoms with Crippen LogP contribution in [0, 0.1) is 0 Å². The first-order valence-corrected chi connectivity index (χ1v) is 11.1. The van der Waals surface area contributed by atoms with Crippen LogP contribution in [-0.2, 0) is 9.59 Å². The monoisotopic (exact) mass is 472 g/mol.